The van der Waals surface area contributed by atoms with E-state index in [-0.39, 0.29) is 12.5 Å². The maximum absolute atomic E-state index is 12.7. The molecule has 1 fully saturated rings. The lowest BCUT2D eigenvalue weighted by Crippen LogP contribution is -2.36. The van der Waals surface area contributed by atoms with Crippen LogP contribution in [0, 0.1) is 6.92 Å². The van der Waals surface area contributed by atoms with Gasteiger partial charge in [-0.25, -0.2) is 4.98 Å². The van der Waals surface area contributed by atoms with E-state index in [1.807, 2.05) is 54.0 Å². The molecule has 1 aliphatic heterocycles. The second kappa shape index (κ2) is 8.53. The molecular weight excluding hydrogens is 408 g/mol. The Morgan fingerprint density at radius 3 is 2.71 bits per heavy atom. The van der Waals surface area contributed by atoms with Crippen molar-refractivity contribution in [3.05, 3.63) is 65.7 Å². The number of para-hydroxylation sites is 1. The summed E-state index contributed by atoms with van der Waals surface area (Å²) in [4.78, 5) is 19.7. The number of nitrogens with one attached hydrogen (secondary N) is 1. The van der Waals surface area contributed by atoms with Gasteiger partial charge in [0.2, 0.25) is 5.91 Å². The van der Waals surface area contributed by atoms with Crippen molar-refractivity contribution in [2.45, 2.75) is 13.5 Å². The maximum Gasteiger partial charge on any atom is 0.244 e. The van der Waals surface area contributed by atoms with Crippen LogP contribution in [0.1, 0.15) is 5.69 Å². The lowest BCUT2D eigenvalue weighted by atomic mass is 10.1. The van der Waals surface area contributed by atoms with Crippen LogP contribution in [0.4, 0.5) is 10.8 Å². The zero-order chi connectivity index (χ0) is 21.2. The van der Waals surface area contributed by atoms with E-state index in [4.69, 9.17) is 9.72 Å². The highest BCUT2D eigenvalue weighted by Crippen LogP contribution is 2.28. The number of aryl methyl sites for hydroxylation is 1. The van der Waals surface area contributed by atoms with E-state index in [9.17, 15) is 4.79 Å². The Bertz CT molecular complexity index is 1210. The molecule has 1 saturated heterocycles. The number of benzene rings is 2. The van der Waals surface area contributed by atoms with E-state index in [1.54, 1.807) is 11.3 Å². The molecule has 0 saturated carbocycles. The molecule has 158 valence electrons. The second-order valence-corrected chi connectivity index (χ2v) is 8.51. The van der Waals surface area contributed by atoms with Crippen molar-refractivity contribution in [2.75, 3.05) is 36.5 Å². The molecule has 7 heteroatoms. The molecule has 0 atom stereocenters. The minimum absolute atomic E-state index is 0.0412. The van der Waals surface area contributed by atoms with Gasteiger partial charge in [0.15, 0.2) is 5.13 Å². The molecule has 0 spiro atoms. The van der Waals surface area contributed by atoms with Crippen molar-refractivity contribution in [2.24, 2.45) is 0 Å². The molecule has 0 aliphatic carbocycles. The Kier molecular flexibility index (Phi) is 5.44. The van der Waals surface area contributed by atoms with Crippen LogP contribution in [0.15, 0.2) is 60.0 Å². The van der Waals surface area contributed by atoms with Crippen LogP contribution in [0.5, 0.6) is 0 Å². The molecule has 5 rings (SSSR count). The first-order valence-corrected chi connectivity index (χ1v) is 11.3. The van der Waals surface area contributed by atoms with Crippen molar-refractivity contribution in [1.29, 1.82) is 0 Å². The average molecular weight is 433 g/mol. The maximum atomic E-state index is 12.7. The molecule has 2 aromatic heterocycles. The van der Waals surface area contributed by atoms with Crippen molar-refractivity contribution < 1.29 is 9.53 Å². The summed E-state index contributed by atoms with van der Waals surface area (Å²) in [5.41, 5.74) is 4.93. The smallest absolute Gasteiger partial charge is 0.244 e. The lowest BCUT2D eigenvalue weighted by Gasteiger charge is -2.26. The van der Waals surface area contributed by atoms with Gasteiger partial charge in [-0.15, -0.1) is 11.3 Å². The third kappa shape index (κ3) is 4.19. The predicted molar refractivity (Wildman–Crippen MR) is 126 cm³/mol. The summed E-state index contributed by atoms with van der Waals surface area (Å²) in [5, 5.41) is 7.27. The minimum atomic E-state index is -0.0412. The third-order valence-corrected chi connectivity index (χ3v) is 6.46. The van der Waals surface area contributed by atoms with Crippen molar-refractivity contribution in [3.8, 4) is 11.3 Å². The molecule has 6 nitrogen and oxygen atoms in total. The highest BCUT2D eigenvalue weighted by molar-refractivity contribution is 7.14. The molecule has 0 bridgehead atoms. The first-order chi connectivity index (χ1) is 15.2. The van der Waals surface area contributed by atoms with Gasteiger partial charge in [0.25, 0.3) is 0 Å². The number of thiazole rings is 1. The van der Waals surface area contributed by atoms with Gasteiger partial charge in [-0.3, -0.25) is 4.79 Å². The topological polar surface area (TPSA) is 59.4 Å². The largest absolute Gasteiger partial charge is 0.378 e. The summed E-state index contributed by atoms with van der Waals surface area (Å²) in [6.07, 6.45) is 0. The van der Waals surface area contributed by atoms with Gasteiger partial charge in [-0.2, -0.15) is 0 Å². The summed E-state index contributed by atoms with van der Waals surface area (Å²) in [7, 11) is 0. The number of carbonyl (C=O) groups is 1. The fourth-order valence-electron chi connectivity index (χ4n) is 3.92. The number of hydrogen-bond donors (Lipinski definition) is 1. The van der Waals surface area contributed by atoms with E-state index in [0.717, 1.165) is 65.0 Å². The first kappa shape index (κ1) is 19.8. The molecule has 3 heterocycles. The normalized spacial score (nSPS) is 14.2. The van der Waals surface area contributed by atoms with Crippen LogP contribution in [-0.2, 0) is 16.1 Å². The Labute approximate surface area is 185 Å². The van der Waals surface area contributed by atoms with Gasteiger partial charge in [0.05, 0.1) is 18.9 Å². The Balaban J connectivity index is 1.25. The summed E-state index contributed by atoms with van der Waals surface area (Å²) in [6.45, 7) is 5.59. The molecule has 4 aromatic rings. The number of fused-ring (bicyclic) bond motifs is 1. The van der Waals surface area contributed by atoms with E-state index >= 15 is 0 Å². The number of morpholine rings is 1. The van der Waals surface area contributed by atoms with Gasteiger partial charge in [0, 0.05) is 40.9 Å². The Morgan fingerprint density at radius 1 is 1.13 bits per heavy atom. The molecule has 0 unspecified atom stereocenters. The Morgan fingerprint density at radius 2 is 1.90 bits per heavy atom. The highest BCUT2D eigenvalue weighted by Gasteiger charge is 2.15. The fourth-order valence-corrected chi connectivity index (χ4v) is 4.81. The zero-order valence-corrected chi connectivity index (χ0v) is 18.2. The number of carbonyl (C=O) groups excluding carboxylic acids is 1. The SMILES string of the molecule is Cc1cc2ccccc2n1CC(=O)Nc1ccc(-c2csc(N3CCOCC3)n2)cc1. The van der Waals surface area contributed by atoms with E-state index < -0.39 is 0 Å². The van der Waals surface area contributed by atoms with Crippen molar-refractivity contribution in [3.63, 3.8) is 0 Å². The molecule has 1 N–H and O–H groups in total. The van der Waals surface area contributed by atoms with E-state index in [0.29, 0.717) is 0 Å². The zero-order valence-electron chi connectivity index (χ0n) is 17.4. The number of ether oxygens (including phenoxy) is 1. The van der Waals surface area contributed by atoms with E-state index in [2.05, 4.69) is 27.7 Å². The third-order valence-electron chi connectivity index (χ3n) is 5.56. The second-order valence-electron chi connectivity index (χ2n) is 7.67. The van der Waals surface area contributed by atoms with Crippen LogP contribution in [0.2, 0.25) is 0 Å². The summed E-state index contributed by atoms with van der Waals surface area (Å²) in [5.74, 6) is -0.0412. The van der Waals surface area contributed by atoms with Gasteiger partial charge >= 0.3 is 0 Å². The number of amides is 1. The monoisotopic (exact) mass is 432 g/mol. The Hall–Kier alpha value is -3.16. The molecule has 31 heavy (non-hydrogen) atoms. The van der Waals surface area contributed by atoms with Gasteiger partial charge in [-0.1, -0.05) is 30.3 Å². The number of aromatic nitrogens is 2. The van der Waals surface area contributed by atoms with Gasteiger partial charge in [0.1, 0.15) is 6.54 Å². The van der Waals surface area contributed by atoms with Gasteiger partial charge in [-0.05, 0) is 36.6 Å². The van der Waals surface area contributed by atoms with Crippen molar-refractivity contribution >= 4 is 39.0 Å². The average Bonchev–Trinajstić information content (AvgIpc) is 3.40. The number of hydrogen-bond acceptors (Lipinski definition) is 5. The van der Waals surface area contributed by atoms with Crippen LogP contribution in [0.3, 0.4) is 0 Å². The van der Waals surface area contributed by atoms with Crippen LogP contribution >= 0.6 is 11.3 Å². The first-order valence-electron chi connectivity index (χ1n) is 10.4. The number of anilines is 2. The van der Waals surface area contributed by atoms with Crippen LogP contribution < -0.4 is 10.2 Å². The summed E-state index contributed by atoms with van der Waals surface area (Å²) < 4.78 is 7.46. The quantitative estimate of drug-likeness (QED) is 0.503. The van der Waals surface area contributed by atoms with Crippen LogP contribution in [0.25, 0.3) is 22.2 Å². The molecule has 1 amide bonds. The van der Waals surface area contributed by atoms with Crippen molar-refractivity contribution in [1.82, 2.24) is 9.55 Å². The molecule has 1 aliphatic rings. The highest BCUT2D eigenvalue weighted by atomic mass is 32.1. The standard InChI is InChI=1S/C24H24N4O2S/c1-17-14-19-4-2-3-5-22(19)28(17)15-23(29)25-20-8-6-18(7-9-20)21-16-31-24(26-21)27-10-12-30-13-11-27/h2-9,14,16H,10-13,15H2,1H3,(H,25,29). The molecule has 2 aromatic carbocycles. The molecular formula is C24H24N4O2S. The molecule has 0 radical (unpaired) electrons. The number of nitrogens with zero attached hydrogens (tertiary/aromatic N) is 3. The van der Waals surface area contributed by atoms with Crippen LogP contribution in [-0.4, -0.2) is 41.8 Å². The summed E-state index contributed by atoms with van der Waals surface area (Å²) in [6, 6.07) is 18.1. The lowest BCUT2D eigenvalue weighted by molar-refractivity contribution is -0.116. The fraction of sp³-hybridized carbons (Fsp3) is 0.250. The minimum Gasteiger partial charge on any atom is -0.378 e. The van der Waals surface area contributed by atoms with E-state index in [1.165, 1.54) is 0 Å². The number of rotatable bonds is 5. The predicted octanol–water partition coefficient (Wildman–Crippen LogP) is 4.55. The summed E-state index contributed by atoms with van der Waals surface area (Å²) >= 11 is 1.66. The van der Waals surface area contributed by atoms with Gasteiger partial charge < -0.3 is 19.5 Å².